The molecule has 0 saturated heterocycles. The average molecular weight is 276 g/mol. The Hall–Kier alpha value is -2.01. The van der Waals surface area contributed by atoms with Crippen molar-refractivity contribution in [3.63, 3.8) is 0 Å². The van der Waals surface area contributed by atoms with Crippen LogP contribution in [0.4, 0.5) is 8.78 Å². The minimum atomic E-state index is -0.826. The fourth-order valence-corrected chi connectivity index (χ4v) is 2.64. The van der Waals surface area contributed by atoms with Gasteiger partial charge in [0.2, 0.25) is 0 Å². The average Bonchev–Trinajstić information content (AvgIpc) is 3.04. The van der Waals surface area contributed by atoms with Crippen LogP contribution in [0.15, 0.2) is 48.1 Å². The zero-order valence-electron chi connectivity index (χ0n) is 9.88. The van der Waals surface area contributed by atoms with Crippen molar-refractivity contribution in [3.8, 4) is 10.7 Å². The third kappa shape index (κ3) is 2.42. The van der Waals surface area contributed by atoms with Gasteiger partial charge in [0.1, 0.15) is 5.82 Å². The number of imidazole rings is 1. The minimum Gasteiger partial charge on any atom is -0.326 e. The van der Waals surface area contributed by atoms with Crippen molar-refractivity contribution >= 4 is 11.3 Å². The lowest BCUT2D eigenvalue weighted by Gasteiger charge is -2.07. The lowest BCUT2D eigenvalue weighted by atomic mass is 10.2. The summed E-state index contributed by atoms with van der Waals surface area (Å²) in [5, 5.41) is 1.98. The monoisotopic (exact) mass is 276 g/mol. The summed E-state index contributed by atoms with van der Waals surface area (Å²) < 4.78 is 28.0. The van der Waals surface area contributed by atoms with E-state index >= 15 is 0 Å². The highest BCUT2D eigenvalue weighted by Gasteiger charge is 2.08. The Morgan fingerprint density at radius 1 is 1.16 bits per heavy atom. The summed E-state index contributed by atoms with van der Waals surface area (Å²) in [6, 6.07) is 7.88. The van der Waals surface area contributed by atoms with E-state index in [-0.39, 0.29) is 0 Å². The quantitative estimate of drug-likeness (QED) is 0.708. The summed E-state index contributed by atoms with van der Waals surface area (Å²) in [5.74, 6) is -0.817. The number of aromatic nitrogens is 2. The molecule has 5 heteroatoms. The van der Waals surface area contributed by atoms with Gasteiger partial charge in [0.25, 0.3) is 0 Å². The topological polar surface area (TPSA) is 17.8 Å². The molecule has 0 atom stereocenters. The summed E-state index contributed by atoms with van der Waals surface area (Å²) in [5.41, 5.74) is 0.703. The van der Waals surface area contributed by atoms with Gasteiger partial charge in [-0.25, -0.2) is 13.8 Å². The van der Waals surface area contributed by atoms with E-state index < -0.39 is 11.6 Å². The van der Waals surface area contributed by atoms with Crippen LogP contribution in [0.2, 0.25) is 0 Å². The Morgan fingerprint density at radius 3 is 2.79 bits per heavy atom. The van der Waals surface area contributed by atoms with Gasteiger partial charge in [0.05, 0.1) is 4.88 Å². The van der Waals surface area contributed by atoms with Crippen molar-refractivity contribution in [1.29, 1.82) is 0 Å². The first kappa shape index (κ1) is 12.0. The van der Waals surface area contributed by atoms with Crippen molar-refractivity contribution in [1.82, 2.24) is 9.55 Å². The molecule has 0 spiro atoms. The van der Waals surface area contributed by atoms with Gasteiger partial charge >= 0.3 is 0 Å². The van der Waals surface area contributed by atoms with Crippen LogP contribution in [0.5, 0.6) is 0 Å². The van der Waals surface area contributed by atoms with E-state index in [1.807, 2.05) is 28.3 Å². The van der Waals surface area contributed by atoms with Crippen LogP contribution in [0, 0.1) is 11.6 Å². The zero-order valence-corrected chi connectivity index (χ0v) is 10.7. The molecule has 2 nitrogen and oxygen atoms in total. The number of hydrogen-bond acceptors (Lipinski definition) is 2. The van der Waals surface area contributed by atoms with Crippen LogP contribution in [0.25, 0.3) is 10.7 Å². The van der Waals surface area contributed by atoms with Crippen LogP contribution < -0.4 is 0 Å². The second-order valence-electron chi connectivity index (χ2n) is 4.10. The van der Waals surface area contributed by atoms with Crippen LogP contribution in [0.3, 0.4) is 0 Å². The highest BCUT2D eigenvalue weighted by Crippen LogP contribution is 2.23. The molecule has 0 N–H and O–H groups in total. The Balaban J connectivity index is 1.92. The maximum absolute atomic E-state index is 13.2. The maximum atomic E-state index is 13.2. The zero-order chi connectivity index (χ0) is 13.2. The smallest absolute Gasteiger partial charge is 0.159 e. The number of rotatable bonds is 3. The molecule has 1 aromatic carbocycles. The first-order valence-electron chi connectivity index (χ1n) is 5.73. The summed E-state index contributed by atoms with van der Waals surface area (Å²) in [6.07, 6.45) is 3.53. The SMILES string of the molecule is Fc1ccc(Cn2ccnc2-c2cccs2)cc1F. The molecule has 3 rings (SSSR count). The molecule has 0 saturated carbocycles. The van der Waals surface area contributed by atoms with Gasteiger partial charge < -0.3 is 4.57 Å². The molecule has 0 bridgehead atoms. The fraction of sp³-hybridized carbons (Fsp3) is 0.0714. The second-order valence-corrected chi connectivity index (χ2v) is 5.05. The normalized spacial score (nSPS) is 10.8. The Bertz CT molecular complexity index is 689. The molecule has 19 heavy (non-hydrogen) atoms. The molecule has 0 aliphatic carbocycles. The number of nitrogens with zero attached hydrogens (tertiary/aromatic N) is 2. The summed E-state index contributed by atoms with van der Waals surface area (Å²) in [7, 11) is 0. The first-order chi connectivity index (χ1) is 9.24. The fourth-order valence-electron chi connectivity index (χ4n) is 1.90. The third-order valence-electron chi connectivity index (χ3n) is 2.79. The van der Waals surface area contributed by atoms with Crippen molar-refractivity contribution in [2.75, 3.05) is 0 Å². The molecule has 96 valence electrons. The summed E-state index contributed by atoms with van der Waals surface area (Å²) in [4.78, 5) is 5.35. The van der Waals surface area contributed by atoms with Gasteiger partial charge in [0.15, 0.2) is 11.6 Å². The number of benzene rings is 1. The summed E-state index contributed by atoms with van der Waals surface area (Å²) >= 11 is 1.59. The molecule has 2 aromatic heterocycles. The molecular weight excluding hydrogens is 266 g/mol. The standard InChI is InChI=1S/C14H10F2N2S/c15-11-4-3-10(8-12(11)16)9-18-6-5-17-14(18)13-2-1-7-19-13/h1-8H,9H2. The van der Waals surface area contributed by atoms with Crippen LogP contribution in [-0.2, 0) is 6.54 Å². The van der Waals surface area contributed by atoms with Gasteiger partial charge in [-0.3, -0.25) is 0 Å². The lowest BCUT2D eigenvalue weighted by molar-refractivity contribution is 0.506. The van der Waals surface area contributed by atoms with E-state index in [9.17, 15) is 8.78 Å². The molecule has 0 amide bonds. The van der Waals surface area contributed by atoms with E-state index in [0.717, 1.165) is 16.8 Å². The molecule has 2 heterocycles. The largest absolute Gasteiger partial charge is 0.326 e. The Kier molecular flexibility index (Phi) is 3.13. The van der Waals surface area contributed by atoms with Gasteiger partial charge in [-0.1, -0.05) is 12.1 Å². The van der Waals surface area contributed by atoms with E-state index in [0.29, 0.717) is 12.1 Å². The number of thiophene rings is 1. The van der Waals surface area contributed by atoms with Crippen LogP contribution in [-0.4, -0.2) is 9.55 Å². The van der Waals surface area contributed by atoms with Crippen molar-refractivity contribution in [3.05, 3.63) is 65.3 Å². The van der Waals surface area contributed by atoms with Gasteiger partial charge in [-0.2, -0.15) is 0 Å². The Morgan fingerprint density at radius 2 is 2.05 bits per heavy atom. The molecule has 0 aliphatic rings. The van der Waals surface area contributed by atoms with Crippen LogP contribution in [0.1, 0.15) is 5.56 Å². The molecule has 3 aromatic rings. The van der Waals surface area contributed by atoms with E-state index in [4.69, 9.17) is 0 Å². The summed E-state index contributed by atoms with van der Waals surface area (Å²) in [6.45, 7) is 0.463. The Labute approximate surface area is 113 Å². The highest BCUT2D eigenvalue weighted by molar-refractivity contribution is 7.13. The van der Waals surface area contributed by atoms with Crippen molar-refractivity contribution in [2.24, 2.45) is 0 Å². The number of halogens is 2. The first-order valence-corrected chi connectivity index (χ1v) is 6.61. The molecule has 0 unspecified atom stereocenters. The van der Waals surface area contributed by atoms with E-state index in [1.165, 1.54) is 6.07 Å². The molecular formula is C14H10F2N2S. The van der Waals surface area contributed by atoms with Crippen molar-refractivity contribution in [2.45, 2.75) is 6.54 Å². The lowest BCUT2D eigenvalue weighted by Crippen LogP contribution is -2.01. The van der Waals surface area contributed by atoms with E-state index in [1.54, 1.807) is 23.6 Å². The number of hydrogen-bond donors (Lipinski definition) is 0. The van der Waals surface area contributed by atoms with Gasteiger partial charge in [0, 0.05) is 18.9 Å². The minimum absolute atomic E-state index is 0.463. The maximum Gasteiger partial charge on any atom is 0.159 e. The molecule has 0 fully saturated rings. The van der Waals surface area contributed by atoms with Crippen LogP contribution >= 0.6 is 11.3 Å². The highest BCUT2D eigenvalue weighted by atomic mass is 32.1. The van der Waals surface area contributed by atoms with Gasteiger partial charge in [-0.15, -0.1) is 11.3 Å². The predicted molar refractivity (Wildman–Crippen MR) is 71.0 cm³/mol. The predicted octanol–water partition coefficient (Wildman–Crippen LogP) is 3.94. The van der Waals surface area contributed by atoms with Crippen molar-refractivity contribution < 1.29 is 8.78 Å². The van der Waals surface area contributed by atoms with Gasteiger partial charge in [-0.05, 0) is 29.1 Å². The second kappa shape index (κ2) is 4.93. The van der Waals surface area contributed by atoms with E-state index in [2.05, 4.69) is 4.98 Å². The third-order valence-corrected chi connectivity index (χ3v) is 3.66. The molecule has 0 aliphatic heterocycles. The molecule has 0 radical (unpaired) electrons.